The highest BCUT2D eigenvalue weighted by Gasteiger charge is 2.06. The number of aromatic nitrogens is 1. The highest BCUT2D eigenvalue weighted by Crippen LogP contribution is 2.27. The molecule has 3 heteroatoms. The van der Waals surface area contributed by atoms with E-state index in [9.17, 15) is 0 Å². The Morgan fingerprint density at radius 3 is 2.68 bits per heavy atom. The fourth-order valence-corrected chi connectivity index (χ4v) is 2.43. The van der Waals surface area contributed by atoms with Crippen molar-refractivity contribution in [2.24, 2.45) is 5.73 Å². The van der Waals surface area contributed by atoms with Crippen LogP contribution in [0.25, 0.3) is 21.8 Å². The van der Waals surface area contributed by atoms with Crippen molar-refractivity contribution in [1.29, 1.82) is 0 Å². The van der Waals surface area contributed by atoms with E-state index in [-0.39, 0.29) is 0 Å². The number of hydrogen-bond acceptors (Lipinski definition) is 3. The maximum atomic E-state index is 6.27. The summed E-state index contributed by atoms with van der Waals surface area (Å²) >= 11 is 0. The molecule has 1 aromatic heterocycles. The molecule has 0 atom stereocenters. The molecule has 0 fully saturated rings. The molecule has 0 unspecified atom stereocenters. The fraction of sp³-hybridized carbons (Fsp3) is 0.188. The molecule has 3 nitrogen and oxygen atoms in total. The topological polar surface area (TPSA) is 64.9 Å². The number of nitrogens with two attached hydrogens (primary N) is 2. The summed E-state index contributed by atoms with van der Waals surface area (Å²) < 4.78 is 0. The summed E-state index contributed by atoms with van der Waals surface area (Å²) in [5, 5.41) is 2.16. The molecule has 3 rings (SSSR count). The molecule has 0 aliphatic carbocycles. The van der Waals surface area contributed by atoms with Crippen LogP contribution in [0.15, 0.2) is 42.5 Å². The third-order valence-corrected chi connectivity index (χ3v) is 3.48. The molecule has 2 aromatic carbocycles. The Kier molecular flexibility index (Phi) is 3.05. The van der Waals surface area contributed by atoms with Crippen LogP contribution in [0, 0.1) is 0 Å². The summed E-state index contributed by atoms with van der Waals surface area (Å²) in [6.45, 7) is 0.688. The Hall–Kier alpha value is -2.13. The molecule has 0 aliphatic heterocycles. The molecular weight excluding hydrogens is 234 g/mol. The lowest BCUT2D eigenvalue weighted by Gasteiger charge is -2.09. The van der Waals surface area contributed by atoms with E-state index in [1.165, 1.54) is 0 Å². The van der Waals surface area contributed by atoms with E-state index in [2.05, 4.69) is 23.2 Å². The van der Waals surface area contributed by atoms with E-state index in [1.54, 1.807) is 0 Å². The van der Waals surface area contributed by atoms with Gasteiger partial charge >= 0.3 is 0 Å². The van der Waals surface area contributed by atoms with Gasteiger partial charge in [0.25, 0.3) is 0 Å². The first-order valence-corrected chi connectivity index (χ1v) is 6.56. The van der Waals surface area contributed by atoms with E-state index >= 15 is 0 Å². The van der Waals surface area contributed by atoms with Crippen LogP contribution < -0.4 is 11.5 Å². The predicted octanol–water partition coefficient (Wildman–Crippen LogP) is 2.86. The maximum Gasteiger partial charge on any atom is 0.0730 e. The van der Waals surface area contributed by atoms with Gasteiger partial charge < -0.3 is 11.5 Å². The second kappa shape index (κ2) is 4.86. The highest BCUT2D eigenvalue weighted by atomic mass is 14.7. The molecule has 96 valence electrons. The van der Waals surface area contributed by atoms with Crippen molar-refractivity contribution in [3.63, 3.8) is 0 Å². The largest absolute Gasteiger partial charge is 0.398 e. The van der Waals surface area contributed by atoms with E-state index in [4.69, 9.17) is 11.5 Å². The SMILES string of the molecule is NCCCc1ccc2nc3ccccc3cc2c1N. The quantitative estimate of drug-likeness (QED) is 0.555. The number of rotatable bonds is 3. The lowest BCUT2D eigenvalue weighted by molar-refractivity contribution is 0.835. The summed E-state index contributed by atoms with van der Waals surface area (Å²) in [5.41, 5.74) is 15.8. The van der Waals surface area contributed by atoms with Crippen molar-refractivity contribution < 1.29 is 0 Å². The first-order valence-electron chi connectivity index (χ1n) is 6.56. The third kappa shape index (κ3) is 2.13. The Morgan fingerprint density at radius 1 is 1.00 bits per heavy atom. The van der Waals surface area contributed by atoms with E-state index in [1.807, 2.05) is 24.3 Å². The molecule has 4 N–H and O–H groups in total. The van der Waals surface area contributed by atoms with Gasteiger partial charge in [-0.25, -0.2) is 4.98 Å². The van der Waals surface area contributed by atoms with Crippen LogP contribution in [-0.2, 0) is 6.42 Å². The Labute approximate surface area is 112 Å². The zero-order valence-corrected chi connectivity index (χ0v) is 10.8. The van der Waals surface area contributed by atoms with Crippen LogP contribution in [0.5, 0.6) is 0 Å². The molecule has 0 saturated carbocycles. The molecule has 0 spiro atoms. The van der Waals surface area contributed by atoms with Crippen LogP contribution in [0.4, 0.5) is 5.69 Å². The molecule has 0 saturated heterocycles. The van der Waals surface area contributed by atoms with Gasteiger partial charge in [-0.15, -0.1) is 0 Å². The number of hydrogen-bond donors (Lipinski definition) is 2. The summed E-state index contributed by atoms with van der Waals surface area (Å²) in [7, 11) is 0. The van der Waals surface area contributed by atoms with Gasteiger partial charge in [-0.2, -0.15) is 0 Å². The van der Waals surface area contributed by atoms with E-state index in [0.29, 0.717) is 6.54 Å². The first-order chi connectivity index (χ1) is 9.29. The minimum atomic E-state index is 0.688. The average molecular weight is 251 g/mol. The number of para-hydroxylation sites is 1. The van der Waals surface area contributed by atoms with Gasteiger partial charge in [0.05, 0.1) is 11.0 Å². The van der Waals surface area contributed by atoms with Gasteiger partial charge in [0, 0.05) is 16.5 Å². The van der Waals surface area contributed by atoms with Gasteiger partial charge in [0.1, 0.15) is 0 Å². The minimum Gasteiger partial charge on any atom is -0.398 e. The van der Waals surface area contributed by atoms with Crippen molar-refractivity contribution in [3.05, 3.63) is 48.0 Å². The fourth-order valence-electron chi connectivity index (χ4n) is 2.43. The zero-order valence-electron chi connectivity index (χ0n) is 10.8. The van der Waals surface area contributed by atoms with Crippen LogP contribution in [0.2, 0.25) is 0 Å². The second-order valence-electron chi connectivity index (χ2n) is 4.78. The average Bonchev–Trinajstić information content (AvgIpc) is 2.45. The van der Waals surface area contributed by atoms with Crippen molar-refractivity contribution in [1.82, 2.24) is 4.98 Å². The van der Waals surface area contributed by atoms with E-state index < -0.39 is 0 Å². The molecule has 1 heterocycles. The monoisotopic (exact) mass is 251 g/mol. The van der Waals surface area contributed by atoms with Crippen LogP contribution in [0.1, 0.15) is 12.0 Å². The molecular formula is C16H17N3. The van der Waals surface area contributed by atoms with Crippen LogP contribution >= 0.6 is 0 Å². The van der Waals surface area contributed by atoms with Gasteiger partial charge in [-0.3, -0.25) is 0 Å². The normalized spacial score (nSPS) is 11.2. The summed E-state index contributed by atoms with van der Waals surface area (Å²) in [6, 6.07) is 14.3. The Balaban J connectivity index is 2.21. The first kappa shape index (κ1) is 11.9. The van der Waals surface area contributed by atoms with Gasteiger partial charge in [0.15, 0.2) is 0 Å². The molecule has 0 radical (unpaired) electrons. The number of pyridine rings is 1. The number of fused-ring (bicyclic) bond motifs is 2. The lowest BCUT2D eigenvalue weighted by Crippen LogP contribution is -2.03. The van der Waals surface area contributed by atoms with Crippen molar-refractivity contribution in [2.45, 2.75) is 12.8 Å². The lowest BCUT2D eigenvalue weighted by atomic mass is 10.0. The second-order valence-corrected chi connectivity index (χ2v) is 4.78. The number of nitrogens with zero attached hydrogens (tertiary/aromatic N) is 1. The van der Waals surface area contributed by atoms with E-state index in [0.717, 1.165) is 45.9 Å². The maximum absolute atomic E-state index is 6.27. The van der Waals surface area contributed by atoms with Gasteiger partial charge in [0.2, 0.25) is 0 Å². The van der Waals surface area contributed by atoms with Crippen molar-refractivity contribution in [2.75, 3.05) is 12.3 Å². The molecule has 0 bridgehead atoms. The van der Waals surface area contributed by atoms with Crippen LogP contribution in [-0.4, -0.2) is 11.5 Å². The summed E-state index contributed by atoms with van der Waals surface area (Å²) in [6.07, 6.45) is 1.88. The van der Waals surface area contributed by atoms with Crippen molar-refractivity contribution in [3.8, 4) is 0 Å². The van der Waals surface area contributed by atoms with Gasteiger partial charge in [-0.1, -0.05) is 24.3 Å². The molecule has 3 aromatic rings. The van der Waals surface area contributed by atoms with Crippen LogP contribution in [0.3, 0.4) is 0 Å². The minimum absolute atomic E-state index is 0.688. The Bertz CT molecular complexity index is 734. The third-order valence-electron chi connectivity index (χ3n) is 3.48. The Morgan fingerprint density at radius 2 is 1.84 bits per heavy atom. The molecule has 0 aliphatic rings. The number of benzene rings is 2. The molecule has 19 heavy (non-hydrogen) atoms. The number of nitrogen functional groups attached to an aromatic ring is 1. The predicted molar refractivity (Wildman–Crippen MR) is 81.0 cm³/mol. The standard InChI is InChI=1S/C16H17N3/c17-9-3-5-11-7-8-15-13(16(11)18)10-12-4-1-2-6-14(12)19-15/h1-2,4,6-8,10H,3,5,9,17-18H2. The number of aryl methyl sites for hydroxylation is 1. The zero-order chi connectivity index (χ0) is 13.2. The smallest absolute Gasteiger partial charge is 0.0730 e. The van der Waals surface area contributed by atoms with Gasteiger partial charge in [-0.05, 0) is 43.1 Å². The summed E-state index contributed by atoms with van der Waals surface area (Å²) in [4.78, 5) is 4.66. The molecule has 0 amide bonds. The highest BCUT2D eigenvalue weighted by molar-refractivity contribution is 5.99. The van der Waals surface area contributed by atoms with Crippen molar-refractivity contribution >= 4 is 27.5 Å². The number of anilines is 1. The summed E-state index contributed by atoms with van der Waals surface area (Å²) in [5.74, 6) is 0.